The van der Waals surface area contributed by atoms with Gasteiger partial charge >= 0.3 is 0 Å². The van der Waals surface area contributed by atoms with E-state index in [-0.39, 0.29) is 18.4 Å². The molecule has 0 aliphatic carbocycles. The molecule has 0 aromatic heterocycles. The highest BCUT2D eigenvalue weighted by atomic mass is 16.5. The van der Waals surface area contributed by atoms with Gasteiger partial charge in [0, 0.05) is 25.8 Å². The summed E-state index contributed by atoms with van der Waals surface area (Å²) in [6.45, 7) is 3.00. The van der Waals surface area contributed by atoms with E-state index >= 15 is 0 Å². The van der Waals surface area contributed by atoms with Crippen LogP contribution in [0.15, 0.2) is 24.3 Å². The topological polar surface area (TPSA) is 67.4 Å². The maximum Gasteiger partial charge on any atom is 0.251 e. The summed E-state index contributed by atoms with van der Waals surface area (Å²) in [4.78, 5) is 23.3. The number of hydrogen-bond acceptors (Lipinski definition) is 3. The van der Waals surface area contributed by atoms with Gasteiger partial charge in [0.2, 0.25) is 5.91 Å². The van der Waals surface area contributed by atoms with Crippen molar-refractivity contribution in [2.24, 2.45) is 0 Å². The van der Waals surface area contributed by atoms with Crippen molar-refractivity contribution in [3.63, 3.8) is 0 Å². The minimum atomic E-state index is -0.231. The number of nitrogens with one attached hydrogen (secondary N) is 2. The van der Waals surface area contributed by atoms with Crippen molar-refractivity contribution in [2.75, 3.05) is 26.8 Å². The van der Waals surface area contributed by atoms with E-state index in [9.17, 15) is 9.59 Å². The summed E-state index contributed by atoms with van der Waals surface area (Å²) in [5.41, 5.74) is 1.48. The predicted octanol–water partition coefficient (Wildman–Crippen LogP) is 0.878. The number of carbonyl (C=O) groups excluding carboxylic acids is 2. The first kappa shape index (κ1) is 15.2. The van der Waals surface area contributed by atoms with Crippen molar-refractivity contribution in [1.29, 1.82) is 0 Å². The number of rotatable bonds is 7. The van der Waals surface area contributed by atoms with E-state index in [1.165, 1.54) is 0 Å². The Morgan fingerprint density at radius 2 is 1.95 bits per heavy atom. The SMILES string of the molecule is COCCCNC(=O)CNC(=O)c1ccccc1C. The van der Waals surface area contributed by atoms with Crippen LogP contribution in [0.5, 0.6) is 0 Å². The summed E-state index contributed by atoms with van der Waals surface area (Å²) in [6.07, 6.45) is 0.758. The molecule has 0 radical (unpaired) electrons. The normalized spacial score (nSPS) is 10.0. The number of benzene rings is 1. The third-order valence-electron chi connectivity index (χ3n) is 2.65. The zero-order valence-electron chi connectivity index (χ0n) is 11.4. The molecule has 5 heteroatoms. The number of aryl methyl sites for hydroxylation is 1. The Balaban J connectivity index is 2.30. The second-order valence-electron chi connectivity index (χ2n) is 4.19. The van der Waals surface area contributed by atoms with Crippen LogP contribution in [-0.2, 0) is 9.53 Å². The summed E-state index contributed by atoms with van der Waals surface area (Å²) in [5, 5.41) is 5.30. The third-order valence-corrected chi connectivity index (χ3v) is 2.65. The lowest BCUT2D eigenvalue weighted by Gasteiger charge is -2.08. The molecule has 19 heavy (non-hydrogen) atoms. The molecule has 0 unspecified atom stereocenters. The van der Waals surface area contributed by atoms with Crippen molar-refractivity contribution >= 4 is 11.8 Å². The van der Waals surface area contributed by atoms with Gasteiger partial charge in [-0.2, -0.15) is 0 Å². The summed E-state index contributed by atoms with van der Waals surface area (Å²) in [6, 6.07) is 7.27. The Kier molecular flexibility index (Phi) is 6.60. The van der Waals surface area contributed by atoms with Crippen LogP contribution < -0.4 is 10.6 Å². The zero-order chi connectivity index (χ0) is 14.1. The van der Waals surface area contributed by atoms with Gasteiger partial charge in [-0.3, -0.25) is 9.59 Å². The molecule has 0 heterocycles. The quantitative estimate of drug-likeness (QED) is 0.718. The molecule has 0 aliphatic heterocycles. The standard InChI is InChI=1S/C14H20N2O3/c1-11-6-3-4-7-12(11)14(18)16-10-13(17)15-8-5-9-19-2/h3-4,6-7H,5,8-10H2,1-2H3,(H,15,17)(H,16,18). The molecule has 0 atom stereocenters. The van der Waals surface area contributed by atoms with Crippen molar-refractivity contribution in [1.82, 2.24) is 10.6 Å². The van der Waals surface area contributed by atoms with E-state index in [0.29, 0.717) is 18.7 Å². The number of amides is 2. The Morgan fingerprint density at radius 1 is 1.21 bits per heavy atom. The molecule has 104 valence electrons. The molecule has 0 saturated carbocycles. The summed E-state index contributed by atoms with van der Waals surface area (Å²) < 4.78 is 4.87. The largest absolute Gasteiger partial charge is 0.385 e. The zero-order valence-corrected chi connectivity index (χ0v) is 11.4. The highest BCUT2D eigenvalue weighted by Gasteiger charge is 2.09. The van der Waals surface area contributed by atoms with Crippen molar-refractivity contribution in [3.8, 4) is 0 Å². The van der Waals surface area contributed by atoms with E-state index < -0.39 is 0 Å². The van der Waals surface area contributed by atoms with E-state index in [1.54, 1.807) is 19.2 Å². The number of methoxy groups -OCH3 is 1. The summed E-state index contributed by atoms with van der Waals surface area (Å²) >= 11 is 0. The maximum absolute atomic E-state index is 11.8. The highest BCUT2D eigenvalue weighted by Crippen LogP contribution is 2.05. The van der Waals surface area contributed by atoms with Gasteiger partial charge < -0.3 is 15.4 Å². The molecule has 2 amide bonds. The average molecular weight is 264 g/mol. The molecule has 1 aromatic rings. The Morgan fingerprint density at radius 3 is 2.63 bits per heavy atom. The van der Waals surface area contributed by atoms with E-state index in [0.717, 1.165) is 12.0 Å². The first-order valence-corrected chi connectivity index (χ1v) is 6.24. The van der Waals surface area contributed by atoms with Gasteiger partial charge in [0.1, 0.15) is 0 Å². The molecule has 0 bridgehead atoms. The van der Waals surface area contributed by atoms with Crippen LogP contribution in [0, 0.1) is 6.92 Å². The Hall–Kier alpha value is -1.88. The molecule has 2 N–H and O–H groups in total. The molecule has 1 rings (SSSR count). The van der Waals surface area contributed by atoms with Crippen LogP contribution in [0.1, 0.15) is 22.3 Å². The van der Waals surface area contributed by atoms with Crippen LogP contribution in [0.2, 0.25) is 0 Å². The fraction of sp³-hybridized carbons (Fsp3) is 0.429. The van der Waals surface area contributed by atoms with Gasteiger partial charge in [0.25, 0.3) is 5.91 Å². The molecule has 0 fully saturated rings. The first-order chi connectivity index (χ1) is 9.15. The minimum absolute atomic E-state index is 0.0137. The summed E-state index contributed by atoms with van der Waals surface area (Å²) in [5.74, 6) is -0.428. The molecular weight excluding hydrogens is 244 g/mol. The smallest absolute Gasteiger partial charge is 0.251 e. The Bertz CT molecular complexity index is 432. The van der Waals surface area contributed by atoms with E-state index in [4.69, 9.17) is 4.74 Å². The first-order valence-electron chi connectivity index (χ1n) is 6.24. The van der Waals surface area contributed by atoms with Crippen LogP contribution in [0.25, 0.3) is 0 Å². The molecular formula is C14H20N2O3. The average Bonchev–Trinajstić information content (AvgIpc) is 2.41. The predicted molar refractivity (Wildman–Crippen MR) is 73.0 cm³/mol. The van der Waals surface area contributed by atoms with Crippen LogP contribution in [0.4, 0.5) is 0 Å². The lowest BCUT2D eigenvalue weighted by molar-refractivity contribution is -0.120. The molecule has 0 spiro atoms. The van der Waals surface area contributed by atoms with Crippen LogP contribution >= 0.6 is 0 Å². The fourth-order valence-corrected chi connectivity index (χ4v) is 1.59. The number of ether oxygens (including phenoxy) is 1. The maximum atomic E-state index is 11.8. The van der Waals surface area contributed by atoms with Gasteiger partial charge in [0.15, 0.2) is 0 Å². The van der Waals surface area contributed by atoms with Crippen LogP contribution in [-0.4, -0.2) is 38.6 Å². The third kappa shape index (κ3) is 5.52. The highest BCUT2D eigenvalue weighted by molar-refractivity contribution is 5.97. The van der Waals surface area contributed by atoms with Crippen molar-refractivity contribution in [2.45, 2.75) is 13.3 Å². The monoisotopic (exact) mass is 264 g/mol. The molecule has 0 aliphatic rings. The lowest BCUT2D eigenvalue weighted by atomic mass is 10.1. The van der Waals surface area contributed by atoms with Gasteiger partial charge in [-0.15, -0.1) is 0 Å². The second-order valence-corrected chi connectivity index (χ2v) is 4.19. The molecule has 5 nitrogen and oxygen atoms in total. The van der Waals surface area contributed by atoms with Gasteiger partial charge in [-0.05, 0) is 25.0 Å². The van der Waals surface area contributed by atoms with E-state index in [1.807, 2.05) is 19.1 Å². The fourth-order valence-electron chi connectivity index (χ4n) is 1.59. The van der Waals surface area contributed by atoms with Crippen molar-refractivity contribution < 1.29 is 14.3 Å². The molecule has 1 aromatic carbocycles. The minimum Gasteiger partial charge on any atom is -0.385 e. The Labute approximate surface area is 113 Å². The summed E-state index contributed by atoms with van der Waals surface area (Å²) in [7, 11) is 1.62. The second kappa shape index (κ2) is 8.26. The van der Waals surface area contributed by atoms with Crippen LogP contribution in [0.3, 0.4) is 0 Å². The van der Waals surface area contributed by atoms with Gasteiger partial charge in [0.05, 0.1) is 6.54 Å². The lowest BCUT2D eigenvalue weighted by Crippen LogP contribution is -2.37. The molecule has 0 saturated heterocycles. The number of carbonyl (C=O) groups is 2. The van der Waals surface area contributed by atoms with Crippen molar-refractivity contribution in [3.05, 3.63) is 35.4 Å². The van der Waals surface area contributed by atoms with Gasteiger partial charge in [-0.25, -0.2) is 0 Å². The van der Waals surface area contributed by atoms with Gasteiger partial charge in [-0.1, -0.05) is 18.2 Å². The number of hydrogen-bond donors (Lipinski definition) is 2. The van der Waals surface area contributed by atoms with E-state index in [2.05, 4.69) is 10.6 Å².